The third-order valence-electron chi connectivity index (χ3n) is 2.93. The van der Waals surface area contributed by atoms with Gasteiger partial charge in [0, 0.05) is 11.1 Å². The van der Waals surface area contributed by atoms with E-state index in [0.29, 0.717) is 19.4 Å². The van der Waals surface area contributed by atoms with Crippen molar-refractivity contribution in [2.24, 2.45) is 5.41 Å². The molecule has 0 fully saturated rings. The van der Waals surface area contributed by atoms with Crippen molar-refractivity contribution in [2.45, 2.75) is 40.2 Å². The number of hydrogen-bond acceptors (Lipinski definition) is 4. The molecule has 0 saturated carbocycles. The van der Waals surface area contributed by atoms with Crippen LogP contribution in [0.3, 0.4) is 0 Å². The van der Waals surface area contributed by atoms with Gasteiger partial charge in [-0.1, -0.05) is 13.8 Å². The lowest BCUT2D eigenvalue weighted by molar-refractivity contribution is -0.128. The number of rotatable bonds is 5. The zero-order chi connectivity index (χ0) is 12.9. The van der Waals surface area contributed by atoms with Crippen LogP contribution in [-0.4, -0.2) is 10.9 Å². The smallest absolute Gasteiger partial charge is 0.240 e. The summed E-state index contributed by atoms with van der Waals surface area (Å²) in [4.78, 5) is 17.3. The lowest BCUT2D eigenvalue weighted by Crippen LogP contribution is -2.38. The highest BCUT2D eigenvalue weighted by Crippen LogP contribution is 2.25. The van der Waals surface area contributed by atoms with E-state index in [1.807, 2.05) is 20.8 Å². The molecule has 0 aliphatic rings. The molecule has 0 aliphatic carbocycles. The Morgan fingerprint density at radius 2 is 2.24 bits per heavy atom. The average Bonchev–Trinajstić information content (AvgIpc) is 2.75. The third kappa shape index (κ3) is 3.04. The van der Waals surface area contributed by atoms with Gasteiger partial charge in [0.15, 0.2) is 0 Å². The summed E-state index contributed by atoms with van der Waals surface area (Å²) in [6.45, 7) is 6.10. The molecule has 17 heavy (non-hydrogen) atoms. The first-order valence-electron chi connectivity index (χ1n) is 5.68. The molecule has 1 rings (SSSR count). The van der Waals surface area contributed by atoms with Gasteiger partial charge in [-0.2, -0.15) is 5.26 Å². The van der Waals surface area contributed by atoms with Crippen LogP contribution >= 0.6 is 11.3 Å². The number of nitrogens with one attached hydrogen (secondary N) is 1. The van der Waals surface area contributed by atoms with E-state index in [2.05, 4.69) is 16.4 Å². The lowest BCUT2D eigenvalue weighted by Gasteiger charge is -2.21. The lowest BCUT2D eigenvalue weighted by atomic mass is 9.83. The number of carbonyl (C=O) groups is 1. The fourth-order valence-electron chi connectivity index (χ4n) is 1.59. The van der Waals surface area contributed by atoms with E-state index < -0.39 is 5.41 Å². The summed E-state index contributed by atoms with van der Waals surface area (Å²) in [7, 11) is 0. The fraction of sp³-hybridized carbons (Fsp3) is 0.583. The molecule has 0 radical (unpaired) electrons. The Labute approximate surface area is 106 Å². The highest BCUT2D eigenvalue weighted by atomic mass is 32.1. The number of thiazole rings is 1. The van der Waals surface area contributed by atoms with Gasteiger partial charge in [0.1, 0.15) is 10.4 Å². The maximum absolute atomic E-state index is 12.0. The summed E-state index contributed by atoms with van der Waals surface area (Å²) in [6.07, 6.45) is 2.84. The van der Waals surface area contributed by atoms with Crippen LogP contribution in [0, 0.1) is 23.7 Å². The van der Waals surface area contributed by atoms with Crippen molar-refractivity contribution < 1.29 is 4.79 Å². The zero-order valence-electron chi connectivity index (χ0n) is 10.4. The van der Waals surface area contributed by atoms with Gasteiger partial charge in [-0.15, -0.1) is 11.3 Å². The van der Waals surface area contributed by atoms with E-state index in [4.69, 9.17) is 5.26 Å². The van der Waals surface area contributed by atoms with Gasteiger partial charge >= 0.3 is 0 Å². The van der Waals surface area contributed by atoms with Crippen molar-refractivity contribution in [3.05, 3.63) is 16.1 Å². The maximum Gasteiger partial charge on any atom is 0.240 e. The normalized spacial score (nSPS) is 10.9. The van der Waals surface area contributed by atoms with Crippen molar-refractivity contribution in [1.82, 2.24) is 10.3 Å². The van der Waals surface area contributed by atoms with E-state index in [1.165, 1.54) is 0 Å². The second kappa shape index (κ2) is 5.78. The molecule has 92 valence electrons. The zero-order valence-corrected chi connectivity index (χ0v) is 11.2. The molecule has 0 unspecified atom stereocenters. The summed E-state index contributed by atoms with van der Waals surface area (Å²) >= 11 is 1.55. The molecule has 5 heteroatoms. The van der Waals surface area contributed by atoms with E-state index >= 15 is 0 Å². The first kappa shape index (κ1) is 13.7. The van der Waals surface area contributed by atoms with Crippen LogP contribution in [0.5, 0.6) is 0 Å². The SMILES string of the molecule is CCC(C#N)(CC)C(=O)NCc1ncc(C)s1. The number of nitriles is 1. The van der Waals surface area contributed by atoms with Crippen LogP contribution in [0.4, 0.5) is 0 Å². The summed E-state index contributed by atoms with van der Waals surface area (Å²) in [5.41, 5.74) is -0.897. The van der Waals surface area contributed by atoms with Gasteiger partial charge in [0.05, 0.1) is 12.6 Å². The minimum atomic E-state index is -0.897. The second-order valence-corrected chi connectivity index (χ2v) is 5.27. The van der Waals surface area contributed by atoms with E-state index in [-0.39, 0.29) is 5.91 Å². The molecule has 0 atom stereocenters. The van der Waals surface area contributed by atoms with Crippen molar-refractivity contribution in [1.29, 1.82) is 5.26 Å². The quantitative estimate of drug-likeness (QED) is 0.873. The van der Waals surface area contributed by atoms with Crippen molar-refractivity contribution >= 4 is 17.2 Å². The molecule has 0 saturated heterocycles. The molecule has 1 aromatic rings. The standard InChI is InChI=1S/C12H17N3OS/c1-4-12(5-2,8-13)11(16)15-7-10-14-6-9(3)17-10/h6H,4-5,7H2,1-3H3,(H,15,16). The number of amides is 1. The minimum Gasteiger partial charge on any atom is -0.348 e. The van der Waals surface area contributed by atoms with Crippen LogP contribution in [0.25, 0.3) is 0 Å². The van der Waals surface area contributed by atoms with Gasteiger partial charge in [-0.25, -0.2) is 4.98 Å². The summed E-state index contributed by atoms with van der Waals surface area (Å²) < 4.78 is 0. The summed E-state index contributed by atoms with van der Waals surface area (Å²) in [5, 5.41) is 12.8. The predicted octanol–water partition coefficient (Wildman–Crippen LogP) is 2.40. The third-order valence-corrected chi connectivity index (χ3v) is 3.84. The van der Waals surface area contributed by atoms with Crippen molar-refractivity contribution in [3.8, 4) is 6.07 Å². The van der Waals surface area contributed by atoms with Crippen LogP contribution in [0.1, 0.15) is 36.6 Å². The Morgan fingerprint density at radius 3 is 2.65 bits per heavy atom. The fourth-order valence-corrected chi connectivity index (χ4v) is 2.32. The topological polar surface area (TPSA) is 65.8 Å². The van der Waals surface area contributed by atoms with Gasteiger partial charge in [0.2, 0.25) is 5.91 Å². The molecule has 4 nitrogen and oxygen atoms in total. The molecule has 0 aromatic carbocycles. The van der Waals surface area contributed by atoms with Crippen LogP contribution in [0.15, 0.2) is 6.20 Å². The Hall–Kier alpha value is -1.41. The van der Waals surface area contributed by atoms with E-state index in [0.717, 1.165) is 9.88 Å². The monoisotopic (exact) mass is 251 g/mol. The van der Waals surface area contributed by atoms with E-state index in [9.17, 15) is 4.79 Å². The van der Waals surface area contributed by atoms with Crippen molar-refractivity contribution in [3.63, 3.8) is 0 Å². The van der Waals surface area contributed by atoms with Gasteiger partial charge < -0.3 is 5.32 Å². The Kier molecular flexibility index (Phi) is 4.64. The molecule has 0 spiro atoms. The van der Waals surface area contributed by atoms with Crippen molar-refractivity contribution in [2.75, 3.05) is 0 Å². The molecular weight excluding hydrogens is 234 g/mol. The van der Waals surface area contributed by atoms with Gasteiger partial charge in [-0.05, 0) is 19.8 Å². The minimum absolute atomic E-state index is 0.196. The molecule has 1 amide bonds. The second-order valence-electron chi connectivity index (χ2n) is 3.95. The molecule has 0 aliphatic heterocycles. The maximum atomic E-state index is 12.0. The van der Waals surface area contributed by atoms with Crippen LogP contribution < -0.4 is 5.32 Å². The highest BCUT2D eigenvalue weighted by molar-refractivity contribution is 7.11. The number of carbonyl (C=O) groups excluding carboxylic acids is 1. The molecule has 1 heterocycles. The number of nitrogens with zero attached hydrogens (tertiary/aromatic N) is 2. The highest BCUT2D eigenvalue weighted by Gasteiger charge is 2.34. The van der Waals surface area contributed by atoms with Crippen LogP contribution in [0.2, 0.25) is 0 Å². The first-order chi connectivity index (χ1) is 8.07. The number of aryl methyl sites for hydroxylation is 1. The largest absolute Gasteiger partial charge is 0.348 e. The van der Waals surface area contributed by atoms with E-state index in [1.54, 1.807) is 17.5 Å². The molecule has 1 N–H and O–H groups in total. The Balaban J connectivity index is 2.63. The number of hydrogen-bond donors (Lipinski definition) is 1. The molecular formula is C12H17N3OS. The molecule has 1 aromatic heterocycles. The summed E-state index contributed by atoms with van der Waals surface area (Å²) in [6, 6.07) is 2.13. The van der Waals surface area contributed by atoms with Gasteiger partial charge in [-0.3, -0.25) is 4.79 Å². The number of aromatic nitrogens is 1. The average molecular weight is 251 g/mol. The predicted molar refractivity (Wildman–Crippen MR) is 67.3 cm³/mol. The Morgan fingerprint density at radius 1 is 1.59 bits per heavy atom. The Bertz CT molecular complexity index is 429. The first-order valence-corrected chi connectivity index (χ1v) is 6.50. The molecule has 0 bridgehead atoms. The van der Waals surface area contributed by atoms with Crippen LogP contribution in [-0.2, 0) is 11.3 Å². The van der Waals surface area contributed by atoms with Gasteiger partial charge in [0.25, 0.3) is 0 Å². The summed E-state index contributed by atoms with van der Waals surface area (Å²) in [5.74, 6) is -0.196.